The van der Waals surface area contributed by atoms with Crippen molar-refractivity contribution in [3.8, 4) is 0 Å². The summed E-state index contributed by atoms with van der Waals surface area (Å²) in [7, 11) is 0. The average Bonchev–Trinajstić information content (AvgIpc) is 2.04. The van der Waals surface area contributed by atoms with Crippen LogP contribution in [0.15, 0.2) is 0 Å². The van der Waals surface area contributed by atoms with E-state index >= 15 is 0 Å². The SMILES string of the molecule is O=C(NC1CCOCC1)C(F)(F)F. The number of rotatable bonds is 1. The van der Waals surface area contributed by atoms with Gasteiger partial charge in [-0.2, -0.15) is 13.2 Å². The summed E-state index contributed by atoms with van der Waals surface area (Å²) in [4.78, 5) is 10.5. The Morgan fingerprint density at radius 2 is 1.85 bits per heavy atom. The molecule has 0 unspecified atom stereocenters. The van der Waals surface area contributed by atoms with Gasteiger partial charge in [0.05, 0.1) is 0 Å². The quantitative estimate of drug-likeness (QED) is 0.676. The van der Waals surface area contributed by atoms with Gasteiger partial charge in [0.25, 0.3) is 0 Å². The van der Waals surface area contributed by atoms with E-state index in [-0.39, 0.29) is 0 Å². The summed E-state index contributed by atoms with van der Waals surface area (Å²) in [6.45, 7) is 0.811. The van der Waals surface area contributed by atoms with Crippen molar-refractivity contribution in [1.82, 2.24) is 5.32 Å². The van der Waals surface area contributed by atoms with Crippen molar-refractivity contribution >= 4 is 5.91 Å². The van der Waals surface area contributed by atoms with Gasteiger partial charge in [-0.25, -0.2) is 0 Å². The first-order chi connectivity index (χ1) is 6.00. The highest BCUT2D eigenvalue weighted by atomic mass is 19.4. The molecular weight excluding hydrogens is 187 g/mol. The van der Waals surface area contributed by atoms with Gasteiger partial charge in [0.15, 0.2) is 0 Å². The number of carbonyl (C=O) groups is 1. The van der Waals surface area contributed by atoms with E-state index in [1.54, 1.807) is 0 Å². The third-order valence-electron chi connectivity index (χ3n) is 1.81. The maximum absolute atomic E-state index is 11.8. The molecule has 1 aliphatic heterocycles. The molecule has 0 atom stereocenters. The maximum atomic E-state index is 11.8. The molecule has 1 amide bonds. The third-order valence-corrected chi connectivity index (χ3v) is 1.81. The van der Waals surface area contributed by atoms with Gasteiger partial charge in [0.2, 0.25) is 0 Å². The summed E-state index contributed by atoms with van der Waals surface area (Å²) in [5, 5.41) is 1.91. The van der Waals surface area contributed by atoms with Crippen molar-refractivity contribution in [2.24, 2.45) is 0 Å². The molecule has 0 aliphatic carbocycles. The van der Waals surface area contributed by atoms with Crippen LogP contribution in [-0.2, 0) is 9.53 Å². The summed E-state index contributed by atoms with van der Waals surface area (Å²) in [6, 6.07) is -0.400. The van der Waals surface area contributed by atoms with Crippen LogP contribution in [0.5, 0.6) is 0 Å². The fraction of sp³-hybridized carbons (Fsp3) is 0.857. The minimum absolute atomic E-state index is 0.400. The molecule has 1 aliphatic rings. The fourth-order valence-electron chi connectivity index (χ4n) is 1.11. The summed E-state index contributed by atoms with van der Waals surface area (Å²) in [6.07, 6.45) is -3.89. The second-order valence-electron chi connectivity index (χ2n) is 2.86. The zero-order valence-corrected chi connectivity index (χ0v) is 6.86. The second-order valence-corrected chi connectivity index (χ2v) is 2.86. The molecule has 0 aromatic carbocycles. The van der Waals surface area contributed by atoms with E-state index in [1.807, 2.05) is 5.32 Å². The molecule has 1 N–H and O–H groups in total. The van der Waals surface area contributed by atoms with Gasteiger partial charge >= 0.3 is 12.1 Å². The van der Waals surface area contributed by atoms with E-state index < -0.39 is 18.1 Å². The lowest BCUT2D eigenvalue weighted by molar-refractivity contribution is -0.174. The van der Waals surface area contributed by atoms with Crippen molar-refractivity contribution in [2.75, 3.05) is 13.2 Å². The molecule has 0 spiro atoms. The van der Waals surface area contributed by atoms with E-state index in [1.165, 1.54) is 0 Å². The lowest BCUT2D eigenvalue weighted by atomic mass is 10.1. The van der Waals surface area contributed by atoms with Crippen LogP contribution >= 0.6 is 0 Å². The van der Waals surface area contributed by atoms with Gasteiger partial charge < -0.3 is 10.1 Å². The minimum atomic E-state index is -4.78. The molecule has 1 saturated heterocycles. The molecule has 13 heavy (non-hydrogen) atoms. The predicted octanol–water partition coefficient (Wildman–Crippen LogP) is 0.844. The molecular formula is C7H10F3NO2. The number of hydrogen-bond acceptors (Lipinski definition) is 2. The highest BCUT2D eigenvalue weighted by Crippen LogP contribution is 2.16. The molecule has 6 heteroatoms. The average molecular weight is 197 g/mol. The highest BCUT2D eigenvalue weighted by Gasteiger charge is 2.39. The van der Waals surface area contributed by atoms with Gasteiger partial charge in [-0.15, -0.1) is 0 Å². The van der Waals surface area contributed by atoms with Crippen molar-refractivity contribution in [1.29, 1.82) is 0 Å². The number of halogens is 3. The third kappa shape index (κ3) is 3.22. The Labute approximate surface area is 73.2 Å². The molecule has 0 radical (unpaired) electrons. The molecule has 0 bridgehead atoms. The lowest BCUT2D eigenvalue weighted by Gasteiger charge is -2.23. The number of carbonyl (C=O) groups excluding carboxylic acids is 1. The topological polar surface area (TPSA) is 38.3 Å². The first kappa shape index (κ1) is 10.3. The number of nitrogens with one attached hydrogen (secondary N) is 1. The molecule has 0 saturated carbocycles. The molecule has 3 nitrogen and oxygen atoms in total. The molecule has 1 fully saturated rings. The van der Waals surface area contributed by atoms with Crippen molar-refractivity contribution in [3.05, 3.63) is 0 Å². The van der Waals surface area contributed by atoms with Crippen molar-refractivity contribution in [3.63, 3.8) is 0 Å². The monoisotopic (exact) mass is 197 g/mol. The Balaban J connectivity index is 2.35. The number of amides is 1. The van der Waals surface area contributed by atoms with Crippen LogP contribution in [0.2, 0.25) is 0 Å². The van der Waals surface area contributed by atoms with E-state index in [0.29, 0.717) is 26.1 Å². The maximum Gasteiger partial charge on any atom is 0.471 e. The summed E-state index contributed by atoms with van der Waals surface area (Å²) in [5.41, 5.74) is 0. The van der Waals surface area contributed by atoms with Crippen molar-refractivity contribution in [2.45, 2.75) is 25.1 Å². The van der Waals surface area contributed by atoms with Crippen LogP contribution < -0.4 is 5.32 Å². The zero-order valence-electron chi connectivity index (χ0n) is 6.86. The first-order valence-corrected chi connectivity index (χ1v) is 3.95. The molecule has 76 valence electrons. The van der Waals surface area contributed by atoms with E-state index in [0.717, 1.165) is 0 Å². The van der Waals surface area contributed by atoms with Gasteiger partial charge in [-0.1, -0.05) is 0 Å². The largest absolute Gasteiger partial charge is 0.471 e. The minimum Gasteiger partial charge on any atom is -0.381 e. The number of ether oxygens (including phenoxy) is 1. The Hall–Kier alpha value is -0.780. The van der Waals surface area contributed by atoms with Crippen LogP contribution in [0.25, 0.3) is 0 Å². The predicted molar refractivity (Wildman–Crippen MR) is 38.0 cm³/mol. The Bertz CT molecular complexity index is 187. The molecule has 1 rings (SSSR count). The molecule has 0 aromatic rings. The Kier molecular flexibility index (Phi) is 3.13. The summed E-state index contributed by atoms with van der Waals surface area (Å²) >= 11 is 0. The number of hydrogen-bond donors (Lipinski definition) is 1. The van der Waals surface area contributed by atoms with Gasteiger partial charge in [-0.05, 0) is 12.8 Å². The fourth-order valence-corrected chi connectivity index (χ4v) is 1.11. The van der Waals surface area contributed by atoms with Crippen LogP contribution in [0.4, 0.5) is 13.2 Å². The van der Waals surface area contributed by atoms with Crippen molar-refractivity contribution < 1.29 is 22.7 Å². The zero-order chi connectivity index (χ0) is 9.90. The van der Waals surface area contributed by atoms with Crippen LogP contribution in [0.3, 0.4) is 0 Å². The van der Waals surface area contributed by atoms with E-state index in [2.05, 4.69) is 0 Å². The molecule has 1 heterocycles. The Morgan fingerprint density at radius 3 is 2.31 bits per heavy atom. The highest BCUT2D eigenvalue weighted by molar-refractivity contribution is 5.81. The standard InChI is InChI=1S/C7H10F3NO2/c8-7(9,10)6(12)11-5-1-3-13-4-2-5/h5H,1-4H2,(H,11,12). The first-order valence-electron chi connectivity index (χ1n) is 3.95. The summed E-state index contributed by atoms with van der Waals surface area (Å²) in [5.74, 6) is -1.86. The van der Waals surface area contributed by atoms with Crippen LogP contribution in [0.1, 0.15) is 12.8 Å². The van der Waals surface area contributed by atoms with Gasteiger partial charge in [-0.3, -0.25) is 4.79 Å². The smallest absolute Gasteiger partial charge is 0.381 e. The van der Waals surface area contributed by atoms with Crippen LogP contribution in [0, 0.1) is 0 Å². The molecule has 0 aromatic heterocycles. The van der Waals surface area contributed by atoms with Gasteiger partial charge in [0, 0.05) is 19.3 Å². The lowest BCUT2D eigenvalue weighted by Crippen LogP contribution is -2.45. The second kappa shape index (κ2) is 3.95. The number of alkyl halides is 3. The summed E-state index contributed by atoms with van der Waals surface area (Å²) < 4.78 is 40.2. The normalized spacial score (nSPS) is 19.9. The van der Waals surface area contributed by atoms with Gasteiger partial charge in [0.1, 0.15) is 0 Å². The van der Waals surface area contributed by atoms with E-state index in [9.17, 15) is 18.0 Å². The Morgan fingerprint density at radius 1 is 1.31 bits per heavy atom. The van der Waals surface area contributed by atoms with E-state index in [4.69, 9.17) is 4.74 Å². The van der Waals surface area contributed by atoms with Crippen LogP contribution in [-0.4, -0.2) is 31.3 Å².